The van der Waals surface area contributed by atoms with Crippen LogP contribution in [0.25, 0.3) is 0 Å². The van der Waals surface area contributed by atoms with E-state index in [1.54, 1.807) is 0 Å². The standard InChI is InChI=1S/C17H17NO2/c19-16-11-15(20-12-13-7-3-1-4-8-13)17(18-16)14-9-5-2-6-10-14/h1-10,15,17H,11-12H2,(H,18,19)/t15-,17+/m0/s1. The Bertz CT molecular complexity index is 568. The molecule has 2 atom stereocenters. The molecule has 3 rings (SSSR count). The third-order valence-electron chi connectivity index (χ3n) is 3.54. The first kappa shape index (κ1) is 12.9. The fraction of sp³-hybridized carbons (Fsp3) is 0.235. The predicted octanol–water partition coefficient (Wildman–Crippen LogP) is 2.83. The van der Waals surface area contributed by atoms with Crippen LogP contribution < -0.4 is 5.32 Å². The Kier molecular flexibility index (Phi) is 3.79. The molecule has 1 aliphatic rings. The summed E-state index contributed by atoms with van der Waals surface area (Å²) in [7, 11) is 0. The molecule has 2 aromatic carbocycles. The van der Waals surface area contributed by atoms with Gasteiger partial charge in [-0.05, 0) is 11.1 Å². The Morgan fingerprint density at radius 3 is 2.35 bits per heavy atom. The molecule has 1 heterocycles. The van der Waals surface area contributed by atoms with Crippen LogP contribution in [0.5, 0.6) is 0 Å². The number of carbonyl (C=O) groups excluding carboxylic acids is 1. The normalized spacial score (nSPS) is 21.7. The van der Waals surface area contributed by atoms with Gasteiger partial charge in [-0.25, -0.2) is 0 Å². The maximum atomic E-state index is 11.7. The predicted molar refractivity (Wildman–Crippen MR) is 77.0 cm³/mol. The molecule has 0 aliphatic carbocycles. The molecule has 0 unspecified atom stereocenters. The van der Waals surface area contributed by atoms with Crippen LogP contribution in [0, 0.1) is 0 Å². The zero-order chi connectivity index (χ0) is 13.8. The van der Waals surface area contributed by atoms with Gasteiger partial charge in [0.25, 0.3) is 0 Å². The fourth-order valence-electron chi connectivity index (χ4n) is 2.52. The average Bonchev–Trinajstić information content (AvgIpc) is 2.88. The molecule has 0 bridgehead atoms. The lowest BCUT2D eigenvalue weighted by Gasteiger charge is -2.19. The molecule has 1 aliphatic heterocycles. The van der Waals surface area contributed by atoms with Crippen LogP contribution in [0.1, 0.15) is 23.6 Å². The van der Waals surface area contributed by atoms with E-state index in [4.69, 9.17) is 4.74 Å². The number of ether oxygens (including phenoxy) is 1. The molecule has 102 valence electrons. The topological polar surface area (TPSA) is 38.3 Å². The van der Waals surface area contributed by atoms with E-state index in [1.807, 2.05) is 60.7 Å². The highest BCUT2D eigenvalue weighted by Crippen LogP contribution is 2.27. The first-order valence-corrected chi connectivity index (χ1v) is 6.83. The van der Waals surface area contributed by atoms with E-state index >= 15 is 0 Å². The quantitative estimate of drug-likeness (QED) is 0.925. The Labute approximate surface area is 118 Å². The van der Waals surface area contributed by atoms with Crippen molar-refractivity contribution in [3.05, 3.63) is 71.8 Å². The lowest BCUT2D eigenvalue weighted by atomic mass is 10.0. The van der Waals surface area contributed by atoms with E-state index < -0.39 is 0 Å². The summed E-state index contributed by atoms with van der Waals surface area (Å²) < 4.78 is 5.94. The van der Waals surface area contributed by atoms with Crippen molar-refractivity contribution in [3.8, 4) is 0 Å². The van der Waals surface area contributed by atoms with Crippen LogP contribution in [0.4, 0.5) is 0 Å². The van der Waals surface area contributed by atoms with Gasteiger partial charge in [0, 0.05) is 0 Å². The number of benzene rings is 2. The van der Waals surface area contributed by atoms with Crippen molar-refractivity contribution in [2.75, 3.05) is 0 Å². The Morgan fingerprint density at radius 2 is 1.65 bits per heavy atom. The molecule has 2 aromatic rings. The molecule has 0 radical (unpaired) electrons. The summed E-state index contributed by atoms with van der Waals surface area (Å²) in [5.74, 6) is 0.0527. The highest BCUT2D eigenvalue weighted by molar-refractivity contribution is 5.79. The Hall–Kier alpha value is -2.13. The number of rotatable bonds is 4. The van der Waals surface area contributed by atoms with E-state index in [-0.39, 0.29) is 18.1 Å². The minimum atomic E-state index is -0.106. The lowest BCUT2D eigenvalue weighted by Crippen LogP contribution is -2.24. The van der Waals surface area contributed by atoms with Gasteiger partial charge in [0.2, 0.25) is 5.91 Å². The second-order valence-corrected chi connectivity index (χ2v) is 5.00. The fourth-order valence-corrected chi connectivity index (χ4v) is 2.52. The largest absolute Gasteiger partial charge is 0.371 e. The van der Waals surface area contributed by atoms with Gasteiger partial charge in [-0.3, -0.25) is 4.79 Å². The van der Waals surface area contributed by atoms with E-state index in [0.29, 0.717) is 13.0 Å². The van der Waals surface area contributed by atoms with Crippen molar-refractivity contribution in [3.63, 3.8) is 0 Å². The van der Waals surface area contributed by atoms with Gasteiger partial charge in [-0.1, -0.05) is 60.7 Å². The van der Waals surface area contributed by atoms with Gasteiger partial charge in [0.05, 0.1) is 25.2 Å². The summed E-state index contributed by atoms with van der Waals surface area (Å²) in [4.78, 5) is 11.7. The van der Waals surface area contributed by atoms with Crippen molar-refractivity contribution in [1.82, 2.24) is 5.32 Å². The van der Waals surface area contributed by atoms with Crippen LogP contribution in [0.3, 0.4) is 0 Å². The highest BCUT2D eigenvalue weighted by Gasteiger charge is 2.34. The van der Waals surface area contributed by atoms with Crippen LogP contribution in [0.2, 0.25) is 0 Å². The zero-order valence-corrected chi connectivity index (χ0v) is 11.2. The van der Waals surface area contributed by atoms with E-state index in [1.165, 1.54) is 0 Å². The minimum absolute atomic E-state index is 0.0487. The molecule has 0 spiro atoms. The number of hydrogen-bond acceptors (Lipinski definition) is 2. The van der Waals surface area contributed by atoms with Gasteiger partial charge >= 0.3 is 0 Å². The first-order chi connectivity index (χ1) is 9.83. The maximum Gasteiger partial charge on any atom is 0.223 e. The summed E-state index contributed by atoms with van der Waals surface area (Å²) in [6.45, 7) is 0.532. The monoisotopic (exact) mass is 267 g/mol. The van der Waals surface area contributed by atoms with E-state index in [0.717, 1.165) is 11.1 Å². The zero-order valence-electron chi connectivity index (χ0n) is 11.2. The van der Waals surface area contributed by atoms with Crippen molar-refractivity contribution in [2.24, 2.45) is 0 Å². The van der Waals surface area contributed by atoms with Crippen molar-refractivity contribution < 1.29 is 9.53 Å². The number of hydrogen-bond donors (Lipinski definition) is 1. The summed E-state index contributed by atoms with van der Waals surface area (Å²) in [6.07, 6.45) is 0.317. The third kappa shape index (κ3) is 2.89. The van der Waals surface area contributed by atoms with Gasteiger partial charge < -0.3 is 10.1 Å². The molecule has 3 nitrogen and oxygen atoms in total. The molecule has 1 N–H and O–H groups in total. The van der Waals surface area contributed by atoms with Gasteiger partial charge in [-0.2, -0.15) is 0 Å². The Morgan fingerprint density at radius 1 is 1.00 bits per heavy atom. The molecular weight excluding hydrogens is 250 g/mol. The molecule has 1 fully saturated rings. The van der Waals surface area contributed by atoms with Crippen LogP contribution >= 0.6 is 0 Å². The molecule has 20 heavy (non-hydrogen) atoms. The summed E-state index contributed by atoms with van der Waals surface area (Å²) in [5, 5.41) is 2.99. The number of nitrogens with one attached hydrogen (secondary N) is 1. The summed E-state index contributed by atoms with van der Waals surface area (Å²) in [6, 6.07) is 20.0. The second-order valence-electron chi connectivity index (χ2n) is 5.00. The lowest BCUT2D eigenvalue weighted by molar-refractivity contribution is -0.119. The SMILES string of the molecule is O=C1C[C@H](OCc2ccccc2)[C@@H](c2ccccc2)N1. The van der Waals surface area contributed by atoms with Crippen LogP contribution in [0.15, 0.2) is 60.7 Å². The minimum Gasteiger partial charge on any atom is -0.371 e. The first-order valence-electron chi connectivity index (χ1n) is 6.83. The molecular formula is C17H17NO2. The van der Waals surface area contributed by atoms with Crippen molar-refractivity contribution in [1.29, 1.82) is 0 Å². The maximum absolute atomic E-state index is 11.7. The number of amides is 1. The molecule has 0 aromatic heterocycles. The summed E-state index contributed by atoms with van der Waals surface area (Å²) in [5.41, 5.74) is 2.22. The van der Waals surface area contributed by atoms with Gasteiger partial charge in [0.15, 0.2) is 0 Å². The average molecular weight is 267 g/mol. The van der Waals surface area contributed by atoms with Crippen LogP contribution in [-0.4, -0.2) is 12.0 Å². The second kappa shape index (κ2) is 5.88. The third-order valence-corrected chi connectivity index (χ3v) is 3.54. The van der Waals surface area contributed by atoms with Crippen LogP contribution in [-0.2, 0) is 16.1 Å². The molecule has 0 saturated carbocycles. The van der Waals surface area contributed by atoms with Gasteiger partial charge in [0.1, 0.15) is 0 Å². The highest BCUT2D eigenvalue weighted by atomic mass is 16.5. The van der Waals surface area contributed by atoms with Crippen molar-refractivity contribution in [2.45, 2.75) is 25.2 Å². The summed E-state index contributed by atoms with van der Waals surface area (Å²) >= 11 is 0. The molecule has 1 amide bonds. The Balaban J connectivity index is 1.69. The molecule has 3 heteroatoms. The van der Waals surface area contributed by atoms with E-state index in [2.05, 4.69) is 5.32 Å². The van der Waals surface area contributed by atoms with Gasteiger partial charge in [-0.15, -0.1) is 0 Å². The van der Waals surface area contributed by atoms with Crippen molar-refractivity contribution >= 4 is 5.91 Å². The van der Waals surface area contributed by atoms with E-state index in [9.17, 15) is 4.79 Å². The molecule has 1 saturated heterocycles. The number of carbonyl (C=O) groups is 1. The smallest absolute Gasteiger partial charge is 0.223 e.